The molecule has 1 nitrogen and oxygen atoms in total. The fourth-order valence-corrected chi connectivity index (χ4v) is 2.25. The molecule has 0 aromatic heterocycles. The number of hydrogen-bond donors (Lipinski definition) is 1. The predicted octanol–water partition coefficient (Wildman–Crippen LogP) is 3.03. The highest BCUT2D eigenvalue weighted by Gasteiger charge is 2.34. The van der Waals surface area contributed by atoms with Crippen molar-refractivity contribution in [1.29, 1.82) is 0 Å². The normalized spacial score (nSPS) is 21.1. The Bertz CT molecular complexity index is 373. The molecule has 1 aliphatic carbocycles. The van der Waals surface area contributed by atoms with Crippen LogP contribution in [-0.2, 0) is 6.42 Å². The molecule has 0 amide bonds. The standard InChI is InChI=1S/C12H13F3O/c13-12(14,15)7-10(16)6-9-5-8-3-1-2-4-11(8)9/h1-4,9-10,16H,5-7H2. The molecule has 2 rings (SSSR count). The van der Waals surface area contributed by atoms with Gasteiger partial charge in [-0.1, -0.05) is 24.3 Å². The van der Waals surface area contributed by atoms with Crippen LogP contribution in [0.25, 0.3) is 0 Å². The lowest BCUT2D eigenvalue weighted by atomic mass is 9.74. The van der Waals surface area contributed by atoms with E-state index in [4.69, 9.17) is 0 Å². The molecule has 16 heavy (non-hydrogen) atoms. The summed E-state index contributed by atoms with van der Waals surface area (Å²) in [7, 11) is 0. The first-order chi connectivity index (χ1) is 7.46. The smallest absolute Gasteiger partial charge is 0.391 e. The van der Waals surface area contributed by atoms with Gasteiger partial charge in [0.25, 0.3) is 0 Å². The van der Waals surface area contributed by atoms with E-state index in [0.717, 1.165) is 12.0 Å². The quantitative estimate of drug-likeness (QED) is 0.846. The second-order valence-corrected chi connectivity index (χ2v) is 4.31. The van der Waals surface area contributed by atoms with Crippen molar-refractivity contribution in [2.75, 3.05) is 0 Å². The zero-order valence-corrected chi connectivity index (χ0v) is 8.67. The molecular weight excluding hydrogens is 217 g/mol. The topological polar surface area (TPSA) is 20.2 Å². The Balaban J connectivity index is 1.90. The van der Waals surface area contributed by atoms with Crippen molar-refractivity contribution >= 4 is 0 Å². The lowest BCUT2D eigenvalue weighted by Gasteiger charge is -2.31. The van der Waals surface area contributed by atoms with Gasteiger partial charge in [0.05, 0.1) is 12.5 Å². The van der Waals surface area contributed by atoms with Crippen molar-refractivity contribution in [3.63, 3.8) is 0 Å². The minimum Gasteiger partial charge on any atom is -0.393 e. The fourth-order valence-electron chi connectivity index (χ4n) is 2.25. The van der Waals surface area contributed by atoms with Crippen LogP contribution in [0.3, 0.4) is 0 Å². The second-order valence-electron chi connectivity index (χ2n) is 4.31. The average molecular weight is 230 g/mol. The number of aliphatic hydroxyl groups excluding tert-OH is 1. The van der Waals surface area contributed by atoms with Crippen molar-refractivity contribution in [2.45, 2.75) is 37.5 Å². The highest BCUT2D eigenvalue weighted by Crippen LogP contribution is 2.39. The molecule has 0 saturated heterocycles. The molecule has 2 atom stereocenters. The van der Waals surface area contributed by atoms with Gasteiger partial charge in [0.2, 0.25) is 0 Å². The summed E-state index contributed by atoms with van der Waals surface area (Å²) < 4.78 is 36.0. The van der Waals surface area contributed by atoms with Gasteiger partial charge in [0, 0.05) is 0 Å². The van der Waals surface area contributed by atoms with Gasteiger partial charge in [-0.05, 0) is 29.9 Å². The molecule has 88 valence electrons. The van der Waals surface area contributed by atoms with Crippen LogP contribution >= 0.6 is 0 Å². The highest BCUT2D eigenvalue weighted by atomic mass is 19.4. The van der Waals surface area contributed by atoms with E-state index in [-0.39, 0.29) is 12.3 Å². The Labute approximate surface area is 91.9 Å². The van der Waals surface area contributed by atoms with Gasteiger partial charge in [0.15, 0.2) is 0 Å². The maximum Gasteiger partial charge on any atom is 0.391 e. The van der Waals surface area contributed by atoms with Crippen molar-refractivity contribution in [3.8, 4) is 0 Å². The van der Waals surface area contributed by atoms with Crippen LogP contribution in [0.15, 0.2) is 24.3 Å². The van der Waals surface area contributed by atoms with Gasteiger partial charge in [0.1, 0.15) is 0 Å². The van der Waals surface area contributed by atoms with Gasteiger partial charge in [-0.3, -0.25) is 0 Å². The van der Waals surface area contributed by atoms with Gasteiger partial charge in [-0.15, -0.1) is 0 Å². The van der Waals surface area contributed by atoms with Crippen LogP contribution in [0.2, 0.25) is 0 Å². The van der Waals surface area contributed by atoms with Crippen LogP contribution in [0.1, 0.15) is 29.9 Å². The van der Waals surface area contributed by atoms with Crippen LogP contribution in [0, 0.1) is 0 Å². The number of alkyl halides is 3. The Morgan fingerprint density at radius 3 is 2.62 bits per heavy atom. The third-order valence-electron chi connectivity index (χ3n) is 2.98. The van der Waals surface area contributed by atoms with E-state index in [2.05, 4.69) is 0 Å². The fraction of sp³-hybridized carbons (Fsp3) is 0.500. The van der Waals surface area contributed by atoms with Gasteiger partial charge < -0.3 is 5.11 Å². The lowest BCUT2D eigenvalue weighted by molar-refractivity contribution is -0.154. The van der Waals surface area contributed by atoms with Gasteiger partial charge >= 0.3 is 6.18 Å². The van der Waals surface area contributed by atoms with E-state index in [1.165, 1.54) is 5.56 Å². The van der Waals surface area contributed by atoms with Crippen LogP contribution in [-0.4, -0.2) is 17.4 Å². The molecule has 0 aliphatic heterocycles. The van der Waals surface area contributed by atoms with E-state index in [1.807, 2.05) is 24.3 Å². The summed E-state index contributed by atoms with van der Waals surface area (Å²) in [6.45, 7) is 0. The molecule has 1 aromatic rings. The Hall–Kier alpha value is -1.03. The number of aliphatic hydroxyl groups is 1. The summed E-state index contributed by atoms with van der Waals surface area (Å²) in [4.78, 5) is 0. The van der Waals surface area contributed by atoms with Crippen molar-refractivity contribution in [1.82, 2.24) is 0 Å². The molecule has 1 aromatic carbocycles. The summed E-state index contributed by atoms with van der Waals surface area (Å²) in [5, 5.41) is 9.33. The van der Waals surface area contributed by atoms with E-state index in [0.29, 0.717) is 0 Å². The minimum atomic E-state index is -4.28. The monoisotopic (exact) mass is 230 g/mol. The summed E-state index contributed by atoms with van der Waals surface area (Å²) in [6, 6.07) is 7.69. The van der Waals surface area contributed by atoms with Crippen LogP contribution in [0.4, 0.5) is 13.2 Å². The molecular formula is C12H13F3O. The predicted molar refractivity (Wildman–Crippen MR) is 54.2 cm³/mol. The molecule has 0 saturated carbocycles. The van der Waals surface area contributed by atoms with E-state index in [9.17, 15) is 18.3 Å². The van der Waals surface area contributed by atoms with Crippen LogP contribution in [0.5, 0.6) is 0 Å². The average Bonchev–Trinajstić information content (AvgIpc) is 2.11. The molecule has 0 bridgehead atoms. The SMILES string of the molecule is OC(CC1Cc2ccccc21)CC(F)(F)F. The molecule has 0 heterocycles. The van der Waals surface area contributed by atoms with E-state index >= 15 is 0 Å². The largest absolute Gasteiger partial charge is 0.393 e. The first-order valence-electron chi connectivity index (χ1n) is 5.28. The molecule has 0 radical (unpaired) electrons. The summed E-state index contributed by atoms with van der Waals surface area (Å²) in [6.07, 6.45) is -5.67. The summed E-state index contributed by atoms with van der Waals surface area (Å²) in [5.74, 6) is 0.0912. The number of hydrogen-bond acceptors (Lipinski definition) is 1. The zero-order valence-electron chi connectivity index (χ0n) is 8.67. The number of rotatable bonds is 3. The van der Waals surface area contributed by atoms with Gasteiger partial charge in [-0.2, -0.15) is 13.2 Å². The maximum atomic E-state index is 12.0. The first-order valence-corrected chi connectivity index (χ1v) is 5.28. The minimum absolute atomic E-state index is 0.0912. The Morgan fingerprint density at radius 1 is 1.31 bits per heavy atom. The van der Waals surface area contributed by atoms with Crippen LogP contribution < -0.4 is 0 Å². The Morgan fingerprint density at radius 2 is 2.00 bits per heavy atom. The molecule has 0 fully saturated rings. The van der Waals surface area contributed by atoms with Crippen molar-refractivity contribution in [2.24, 2.45) is 0 Å². The van der Waals surface area contributed by atoms with Gasteiger partial charge in [-0.25, -0.2) is 0 Å². The zero-order chi connectivity index (χ0) is 11.8. The number of halogens is 3. The molecule has 4 heteroatoms. The summed E-state index contributed by atoms with van der Waals surface area (Å²) >= 11 is 0. The van der Waals surface area contributed by atoms with Crippen molar-refractivity contribution < 1.29 is 18.3 Å². The summed E-state index contributed by atoms with van der Waals surface area (Å²) in [5.41, 5.74) is 2.27. The molecule has 2 unspecified atom stereocenters. The lowest BCUT2D eigenvalue weighted by Crippen LogP contribution is -2.26. The van der Waals surface area contributed by atoms with Crippen molar-refractivity contribution in [3.05, 3.63) is 35.4 Å². The first kappa shape index (κ1) is 11.5. The number of fused-ring (bicyclic) bond motifs is 1. The third-order valence-corrected chi connectivity index (χ3v) is 2.98. The maximum absolute atomic E-state index is 12.0. The van der Waals surface area contributed by atoms with E-state index < -0.39 is 18.7 Å². The number of benzene rings is 1. The second kappa shape index (κ2) is 4.09. The van der Waals surface area contributed by atoms with E-state index in [1.54, 1.807) is 0 Å². The highest BCUT2D eigenvalue weighted by molar-refractivity contribution is 5.39. The molecule has 1 N–H and O–H groups in total. The molecule has 1 aliphatic rings. The third kappa shape index (κ3) is 2.55. The Kier molecular flexibility index (Phi) is 2.93. The molecule has 0 spiro atoms.